The summed E-state index contributed by atoms with van der Waals surface area (Å²) in [7, 11) is 0. The van der Waals surface area contributed by atoms with Crippen molar-refractivity contribution in [2.24, 2.45) is 0 Å². The van der Waals surface area contributed by atoms with E-state index in [-0.39, 0.29) is 17.6 Å². The summed E-state index contributed by atoms with van der Waals surface area (Å²) >= 11 is 0. The van der Waals surface area contributed by atoms with Crippen LogP contribution in [0.2, 0.25) is 0 Å². The predicted octanol–water partition coefficient (Wildman–Crippen LogP) is 4.67. The third kappa shape index (κ3) is 5.08. The van der Waals surface area contributed by atoms with Crippen molar-refractivity contribution in [3.63, 3.8) is 0 Å². The quantitative estimate of drug-likeness (QED) is 0.643. The molecule has 0 unspecified atom stereocenters. The molecule has 0 atom stereocenters. The van der Waals surface area contributed by atoms with E-state index in [4.69, 9.17) is 0 Å². The van der Waals surface area contributed by atoms with E-state index >= 15 is 0 Å². The maximum absolute atomic E-state index is 13.6. The molecule has 2 amide bonds. The Kier molecular flexibility index (Phi) is 6.39. The SMILES string of the molecule is Cc1cccc(C)c1NC(=O)c1ccc(C(=O)NCCc2ccccc2F)cc1. The Hall–Kier alpha value is -3.47. The lowest BCUT2D eigenvalue weighted by Crippen LogP contribution is -2.26. The minimum atomic E-state index is -0.277. The summed E-state index contributed by atoms with van der Waals surface area (Å²) in [6.07, 6.45) is 0.411. The topological polar surface area (TPSA) is 58.2 Å². The molecule has 0 aliphatic heterocycles. The molecule has 3 aromatic carbocycles. The summed E-state index contributed by atoms with van der Waals surface area (Å²) in [5.41, 5.74) is 4.25. The zero-order valence-corrected chi connectivity index (χ0v) is 16.5. The highest BCUT2D eigenvalue weighted by molar-refractivity contribution is 6.05. The second kappa shape index (κ2) is 9.15. The third-order valence-electron chi connectivity index (χ3n) is 4.77. The van der Waals surface area contributed by atoms with Gasteiger partial charge in [0.05, 0.1) is 0 Å². The van der Waals surface area contributed by atoms with Gasteiger partial charge in [-0.25, -0.2) is 4.39 Å². The number of hydrogen-bond donors (Lipinski definition) is 2. The molecule has 0 bridgehead atoms. The summed E-state index contributed by atoms with van der Waals surface area (Å²) in [6.45, 7) is 4.21. The van der Waals surface area contributed by atoms with E-state index in [1.165, 1.54) is 6.07 Å². The normalized spacial score (nSPS) is 10.4. The Morgan fingerprint density at radius 3 is 2.00 bits per heavy atom. The first kappa shape index (κ1) is 20.3. The molecule has 0 spiro atoms. The smallest absolute Gasteiger partial charge is 0.255 e. The average Bonchev–Trinajstić information content (AvgIpc) is 2.72. The number of carbonyl (C=O) groups is 2. The number of hydrogen-bond acceptors (Lipinski definition) is 2. The zero-order chi connectivity index (χ0) is 20.8. The third-order valence-corrected chi connectivity index (χ3v) is 4.77. The van der Waals surface area contributed by atoms with Crippen LogP contribution < -0.4 is 10.6 Å². The molecule has 3 aromatic rings. The van der Waals surface area contributed by atoms with Gasteiger partial charge >= 0.3 is 0 Å². The second-order valence-corrected chi connectivity index (χ2v) is 6.90. The zero-order valence-electron chi connectivity index (χ0n) is 16.5. The van der Waals surface area contributed by atoms with E-state index in [1.54, 1.807) is 42.5 Å². The molecule has 0 heterocycles. The van der Waals surface area contributed by atoms with Gasteiger partial charge in [0.2, 0.25) is 0 Å². The highest BCUT2D eigenvalue weighted by Gasteiger charge is 2.11. The Morgan fingerprint density at radius 2 is 1.38 bits per heavy atom. The molecule has 0 aliphatic rings. The second-order valence-electron chi connectivity index (χ2n) is 6.90. The fourth-order valence-corrected chi connectivity index (χ4v) is 3.08. The lowest BCUT2D eigenvalue weighted by atomic mass is 10.1. The number of anilines is 1. The van der Waals surface area contributed by atoms with E-state index in [0.717, 1.165) is 16.8 Å². The number of halogens is 1. The van der Waals surface area contributed by atoms with Crippen LogP contribution >= 0.6 is 0 Å². The summed E-state index contributed by atoms with van der Waals surface area (Å²) in [6, 6.07) is 18.8. The van der Waals surface area contributed by atoms with Gasteiger partial charge in [0.25, 0.3) is 11.8 Å². The molecule has 0 fully saturated rings. The van der Waals surface area contributed by atoms with Crippen LogP contribution in [0.1, 0.15) is 37.4 Å². The van der Waals surface area contributed by atoms with Gasteiger partial charge in [-0.3, -0.25) is 9.59 Å². The molecule has 2 N–H and O–H groups in total. The number of benzene rings is 3. The van der Waals surface area contributed by atoms with Crippen molar-refractivity contribution in [2.75, 3.05) is 11.9 Å². The maximum Gasteiger partial charge on any atom is 0.255 e. The molecule has 4 nitrogen and oxygen atoms in total. The number of amides is 2. The molecule has 0 radical (unpaired) electrons. The molecule has 0 saturated heterocycles. The van der Waals surface area contributed by atoms with Gasteiger partial charge < -0.3 is 10.6 Å². The van der Waals surface area contributed by atoms with Crippen LogP contribution in [0, 0.1) is 19.7 Å². The monoisotopic (exact) mass is 390 g/mol. The van der Waals surface area contributed by atoms with Gasteiger partial charge in [0.1, 0.15) is 5.82 Å². The molecule has 29 heavy (non-hydrogen) atoms. The Balaban J connectivity index is 1.58. The Bertz CT molecular complexity index is 1010. The molecular weight excluding hydrogens is 367 g/mol. The molecule has 3 rings (SSSR count). The standard InChI is InChI=1S/C24H23FN2O2/c1-16-6-5-7-17(2)22(16)27-24(29)20-12-10-19(11-13-20)23(28)26-15-14-18-8-3-4-9-21(18)25/h3-13H,14-15H2,1-2H3,(H,26,28)(H,27,29). The number of para-hydroxylation sites is 1. The minimum Gasteiger partial charge on any atom is -0.352 e. The van der Waals surface area contributed by atoms with Crippen LogP contribution in [-0.4, -0.2) is 18.4 Å². The Labute approximate surface area is 169 Å². The first-order chi connectivity index (χ1) is 14.0. The van der Waals surface area contributed by atoms with E-state index in [1.807, 2.05) is 32.0 Å². The van der Waals surface area contributed by atoms with Crippen LogP contribution in [0.15, 0.2) is 66.7 Å². The summed E-state index contributed by atoms with van der Waals surface area (Å²) in [4.78, 5) is 24.8. The highest BCUT2D eigenvalue weighted by atomic mass is 19.1. The fourth-order valence-electron chi connectivity index (χ4n) is 3.08. The first-order valence-electron chi connectivity index (χ1n) is 9.45. The maximum atomic E-state index is 13.6. The lowest BCUT2D eigenvalue weighted by Gasteiger charge is -2.12. The minimum absolute atomic E-state index is 0.228. The highest BCUT2D eigenvalue weighted by Crippen LogP contribution is 2.20. The number of carbonyl (C=O) groups excluding carboxylic acids is 2. The summed E-state index contributed by atoms with van der Waals surface area (Å²) < 4.78 is 13.6. The van der Waals surface area contributed by atoms with E-state index in [2.05, 4.69) is 10.6 Å². The predicted molar refractivity (Wildman–Crippen MR) is 113 cm³/mol. The van der Waals surface area contributed by atoms with Crippen molar-refractivity contribution < 1.29 is 14.0 Å². The van der Waals surface area contributed by atoms with Gasteiger partial charge in [-0.1, -0.05) is 36.4 Å². The van der Waals surface area contributed by atoms with E-state index < -0.39 is 0 Å². The number of aryl methyl sites for hydroxylation is 2. The van der Waals surface area contributed by atoms with Crippen LogP contribution in [0.4, 0.5) is 10.1 Å². The summed E-state index contributed by atoms with van der Waals surface area (Å²) in [5.74, 6) is -0.766. The van der Waals surface area contributed by atoms with Gasteiger partial charge in [0.15, 0.2) is 0 Å². The number of nitrogens with one attached hydrogen (secondary N) is 2. The van der Waals surface area contributed by atoms with Crippen LogP contribution in [0.25, 0.3) is 0 Å². The summed E-state index contributed by atoms with van der Waals surface area (Å²) in [5, 5.41) is 5.70. The van der Waals surface area contributed by atoms with Crippen molar-refractivity contribution >= 4 is 17.5 Å². The van der Waals surface area contributed by atoms with Crippen LogP contribution in [0.3, 0.4) is 0 Å². The Morgan fingerprint density at radius 1 is 0.793 bits per heavy atom. The molecular formula is C24H23FN2O2. The average molecular weight is 390 g/mol. The number of rotatable bonds is 6. The molecule has 5 heteroatoms. The van der Waals surface area contributed by atoms with Crippen molar-refractivity contribution in [3.8, 4) is 0 Å². The van der Waals surface area contributed by atoms with Crippen molar-refractivity contribution in [1.82, 2.24) is 5.32 Å². The first-order valence-corrected chi connectivity index (χ1v) is 9.45. The van der Waals surface area contributed by atoms with Gasteiger partial charge in [0, 0.05) is 23.4 Å². The van der Waals surface area contributed by atoms with Gasteiger partial charge in [-0.15, -0.1) is 0 Å². The fraction of sp³-hybridized carbons (Fsp3) is 0.167. The van der Waals surface area contributed by atoms with Gasteiger partial charge in [-0.2, -0.15) is 0 Å². The van der Waals surface area contributed by atoms with Crippen molar-refractivity contribution in [2.45, 2.75) is 20.3 Å². The van der Waals surface area contributed by atoms with Crippen LogP contribution in [-0.2, 0) is 6.42 Å². The van der Waals surface area contributed by atoms with E-state index in [0.29, 0.717) is 29.7 Å². The van der Waals surface area contributed by atoms with Crippen LogP contribution in [0.5, 0.6) is 0 Å². The van der Waals surface area contributed by atoms with E-state index in [9.17, 15) is 14.0 Å². The van der Waals surface area contributed by atoms with Gasteiger partial charge in [-0.05, 0) is 67.3 Å². The molecule has 0 saturated carbocycles. The molecule has 0 aliphatic carbocycles. The van der Waals surface area contributed by atoms with Crippen molar-refractivity contribution in [1.29, 1.82) is 0 Å². The van der Waals surface area contributed by atoms with Crippen molar-refractivity contribution in [3.05, 3.63) is 100 Å². The lowest BCUT2D eigenvalue weighted by molar-refractivity contribution is 0.0952. The molecule has 148 valence electrons. The molecule has 0 aromatic heterocycles. The largest absolute Gasteiger partial charge is 0.352 e.